The Morgan fingerprint density at radius 1 is 1.22 bits per heavy atom. The molecule has 2 rings (SSSR count). The fourth-order valence-corrected chi connectivity index (χ4v) is 2.35. The molecule has 9 heteroatoms. The lowest BCUT2D eigenvalue weighted by Gasteiger charge is -2.25. The fourth-order valence-electron chi connectivity index (χ4n) is 2.35. The number of nitro groups is 1. The van der Waals surface area contributed by atoms with E-state index in [9.17, 15) is 28.1 Å². The van der Waals surface area contributed by atoms with Crippen LogP contribution in [0, 0.1) is 10.1 Å². The van der Waals surface area contributed by atoms with Crippen molar-refractivity contribution in [2.75, 3.05) is 13.7 Å². The molecule has 0 aliphatic carbocycles. The molecule has 0 N–H and O–H groups in total. The molecule has 0 spiro atoms. The van der Waals surface area contributed by atoms with Gasteiger partial charge in [-0.3, -0.25) is 14.9 Å². The van der Waals surface area contributed by atoms with Gasteiger partial charge in [0.15, 0.2) is 6.61 Å². The van der Waals surface area contributed by atoms with Gasteiger partial charge in [0.05, 0.1) is 16.5 Å². The predicted octanol–water partition coefficient (Wildman–Crippen LogP) is 4.21. The van der Waals surface area contributed by atoms with E-state index in [-0.39, 0.29) is 11.4 Å². The number of carbonyl (C=O) groups is 1. The van der Waals surface area contributed by atoms with Gasteiger partial charge in [-0.25, -0.2) is 0 Å². The summed E-state index contributed by atoms with van der Waals surface area (Å²) in [6.45, 7) is 1.22. The van der Waals surface area contributed by atoms with Gasteiger partial charge in [-0.15, -0.1) is 0 Å². The molecule has 2 aromatic carbocycles. The molecule has 0 heterocycles. The first-order chi connectivity index (χ1) is 12.6. The van der Waals surface area contributed by atoms with E-state index in [1.165, 1.54) is 42.3 Å². The fraction of sp³-hybridized carbons (Fsp3) is 0.278. The largest absolute Gasteiger partial charge is 0.484 e. The second kappa shape index (κ2) is 8.07. The van der Waals surface area contributed by atoms with Gasteiger partial charge in [0, 0.05) is 19.2 Å². The van der Waals surface area contributed by atoms with Gasteiger partial charge in [-0.1, -0.05) is 18.2 Å². The molecule has 0 saturated carbocycles. The minimum atomic E-state index is -4.50. The lowest BCUT2D eigenvalue weighted by Crippen LogP contribution is -2.33. The molecule has 0 aliphatic rings. The molecule has 1 amide bonds. The number of rotatable bonds is 6. The first-order valence-corrected chi connectivity index (χ1v) is 7.89. The zero-order valence-electron chi connectivity index (χ0n) is 14.6. The van der Waals surface area contributed by atoms with Crippen molar-refractivity contribution in [1.29, 1.82) is 0 Å². The Kier molecular flexibility index (Phi) is 6.04. The SMILES string of the molecule is C[C@H](c1cccc([N+](=O)[O-])c1)N(C)C(=O)COc1cccc(C(F)(F)F)c1. The molecule has 144 valence electrons. The Labute approximate surface area is 153 Å². The number of carbonyl (C=O) groups excluding carboxylic acids is 1. The quantitative estimate of drug-likeness (QED) is 0.554. The number of benzene rings is 2. The maximum absolute atomic E-state index is 12.7. The van der Waals surface area contributed by atoms with Crippen molar-refractivity contribution in [2.45, 2.75) is 19.1 Å². The monoisotopic (exact) mass is 382 g/mol. The summed E-state index contributed by atoms with van der Waals surface area (Å²) < 4.78 is 43.3. The summed E-state index contributed by atoms with van der Waals surface area (Å²) in [4.78, 5) is 23.9. The number of non-ortho nitro benzene ring substituents is 1. The number of amides is 1. The van der Waals surface area contributed by atoms with E-state index < -0.39 is 35.2 Å². The van der Waals surface area contributed by atoms with Gasteiger partial charge in [0.2, 0.25) is 0 Å². The van der Waals surface area contributed by atoms with Crippen molar-refractivity contribution in [1.82, 2.24) is 4.90 Å². The van der Waals surface area contributed by atoms with Gasteiger partial charge in [-0.05, 0) is 30.7 Å². The second-order valence-corrected chi connectivity index (χ2v) is 5.85. The number of ether oxygens (including phenoxy) is 1. The third kappa shape index (κ3) is 5.19. The van der Waals surface area contributed by atoms with E-state index in [2.05, 4.69) is 0 Å². The van der Waals surface area contributed by atoms with Crippen molar-refractivity contribution in [2.24, 2.45) is 0 Å². The van der Waals surface area contributed by atoms with Gasteiger partial charge in [0.25, 0.3) is 11.6 Å². The normalized spacial score (nSPS) is 12.3. The van der Waals surface area contributed by atoms with Gasteiger partial charge >= 0.3 is 6.18 Å². The van der Waals surface area contributed by atoms with Crippen LogP contribution in [-0.2, 0) is 11.0 Å². The number of alkyl halides is 3. The Hall–Kier alpha value is -3.10. The summed E-state index contributed by atoms with van der Waals surface area (Å²) in [5.41, 5.74) is -0.412. The molecule has 0 fully saturated rings. The predicted molar refractivity (Wildman–Crippen MR) is 91.2 cm³/mol. The maximum atomic E-state index is 12.7. The van der Waals surface area contributed by atoms with Crippen LogP contribution in [0.3, 0.4) is 0 Å². The molecule has 0 aromatic heterocycles. The van der Waals surface area contributed by atoms with Crippen molar-refractivity contribution in [3.63, 3.8) is 0 Å². The van der Waals surface area contributed by atoms with E-state index in [1.54, 1.807) is 13.0 Å². The second-order valence-electron chi connectivity index (χ2n) is 5.85. The van der Waals surface area contributed by atoms with Crippen LogP contribution < -0.4 is 4.74 Å². The van der Waals surface area contributed by atoms with E-state index in [1.807, 2.05) is 0 Å². The molecule has 0 saturated heterocycles. The summed E-state index contributed by atoms with van der Waals surface area (Å²) >= 11 is 0. The smallest absolute Gasteiger partial charge is 0.416 e. The molecule has 2 aromatic rings. The van der Waals surface area contributed by atoms with E-state index in [4.69, 9.17) is 4.74 Å². The minimum absolute atomic E-state index is 0.0745. The molecular weight excluding hydrogens is 365 g/mol. The number of hydrogen-bond donors (Lipinski definition) is 0. The Balaban J connectivity index is 2.03. The molecular formula is C18H17F3N2O4. The molecule has 0 aliphatic heterocycles. The number of nitrogens with zero attached hydrogens (tertiary/aromatic N) is 2. The lowest BCUT2D eigenvalue weighted by atomic mass is 10.1. The number of nitro benzene ring substituents is 1. The zero-order chi connectivity index (χ0) is 20.2. The lowest BCUT2D eigenvalue weighted by molar-refractivity contribution is -0.384. The topological polar surface area (TPSA) is 72.7 Å². The Morgan fingerprint density at radius 3 is 2.52 bits per heavy atom. The number of halogens is 3. The molecule has 0 radical (unpaired) electrons. The van der Waals surface area contributed by atoms with Crippen LogP contribution in [0.2, 0.25) is 0 Å². The minimum Gasteiger partial charge on any atom is -0.484 e. The average molecular weight is 382 g/mol. The van der Waals surface area contributed by atoms with Crippen LogP contribution in [0.5, 0.6) is 5.75 Å². The Morgan fingerprint density at radius 2 is 1.89 bits per heavy atom. The Bertz CT molecular complexity index is 839. The maximum Gasteiger partial charge on any atom is 0.416 e. The van der Waals surface area contributed by atoms with Crippen molar-refractivity contribution < 1.29 is 27.6 Å². The third-order valence-electron chi connectivity index (χ3n) is 4.06. The zero-order valence-corrected chi connectivity index (χ0v) is 14.6. The number of likely N-dealkylation sites (N-methyl/N-ethyl adjacent to an activating group) is 1. The summed E-state index contributed by atoms with van der Waals surface area (Å²) in [6, 6.07) is 9.63. The summed E-state index contributed by atoms with van der Waals surface area (Å²) in [7, 11) is 1.49. The first kappa shape index (κ1) is 20.2. The molecule has 27 heavy (non-hydrogen) atoms. The first-order valence-electron chi connectivity index (χ1n) is 7.89. The van der Waals surface area contributed by atoms with Crippen molar-refractivity contribution >= 4 is 11.6 Å². The summed E-state index contributed by atoms with van der Waals surface area (Å²) in [5.74, 6) is -0.555. The highest BCUT2D eigenvalue weighted by molar-refractivity contribution is 5.78. The van der Waals surface area contributed by atoms with Crippen molar-refractivity contribution in [3.8, 4) is 5.75 Å². The highest BCUT2D eigenvalue weighted by Gasteiger charge is 2.30. The van der Waals surface area contributed by atoms with E-state index in [0.29, 0.717) is 5.56 Å². The van der Waals surface area contributed by atoms with Crippen LogP contribution in [0.1, 0.15) is 24.1 Å². The van der Waals surface area contributed by atoms with E-state index in [0.717, 1.165) is 12.1 Å². The highest BCUT2D eigenvalue weighted by atomic mass is 19.4. The standard InChI is InChI=1S/C18H17F3N2O4/c1-12(13-5-3-7-15(9-13)23(25)26)22(2)17(24)11-27-16-8-4-6-14(10-16)18(19,20)21/h3-10,12H,11H2,1-2H3/t12-/m1/s1. The molecule has 1 atom stereocenters. The summed E-state index contributed by atoms with van der Waals surface area (Å²) in [5, 5.41) is 10.9. The van der Waals surface area contributed by atoms with Gasteiger partial charge in [0.1, 0.15) is 5.75 Å². The highest BCUT2D eigenvalue weighted by Crippen LogP contribution is 2.31. The molecule has 6 nitrogen and oxygen atoms in total. The van der Waals surface area contributed by atoms with Crippen LogP contribution in [0.4, 0.5) is 18.9 Å². The van der Waals surface area contributed by atoms with Crippen LogP contribution >= 0.6 is 0 Å². The van der Waals surface area contributed by atoms with Gasteiger partial charge < -0.3 is 9.64 Å². The number of hydrogen-bond acceptors (Lipinski definition) is 4. The van der Waals surface area contributed by atoms with Gasteiger partial charge in [-0.2, -0.15) is 13.2 Å². The van der Waals surface area contributed by atoms with E-state index >= 15 is 0 Å². The molecule has 0 unspecified atom stereocenters. The van der Waals surface area contributed by atoms with Crippen molar-refractivity contribution in [3.05, 3.63) is 69.8 Å². The average Bonchev–Trinajstić information content (AvgIpc) is 2.64. The molecule has 0 bridgehead atoms. The van der Waals surface area contributed by atoms with Crippen LogP contribution in [-0.4, -0.2) is 29.4 Å². The summed E-state index contributed by atoms with van der Waals surface area (Å²) in [6.07, 6.45) is -4.50. The van der Waals surface area contributed by atoms with Crippen LogP contribution in [0.25, 0.3) is 0 Å². The third-order valence-corrected chi connectivity index (χ3v) is 4.06. The van der Waals surface area contributed by atoms with Crippen LogP contribution in [0.15, 0.2) is 48.5 Å².